The van der Waals surface area contributed by atoms with E-state index >= 15 is 0 Å². The van der Waals surface area contributed by atoms with Gasteiger partial charge in [-0.3, -0.25) is 4.79 Å². The van der Waals surface area contributed by atoms with Crippen molar-refractivity contribution in [1.82, 2.24) is 5.32 Å². The Morgan fingerprint density at radius 1 is 1.44 bits per heavy atom. The van der Waals surface area contributed by atoms with E-state index in [9.17, 15) is 18.0 Å². The highest BCUT2D eigenvalue weighted by atomic mass is 19.4. The van der Waals surface area contributed by atoms with E-state index in [0.29, 0.717) is 0 Å². The van der Waals surface area contributed by atoms with Gasteiger partial charge in [-0.25, -0.2) is 0 Å². The summed E-state index contributed by atoms with van der Waals surface area (Å²) >= 11 is 0. The lowest BCUT2D eigenvalue weighted by Crippen LogP contribution is -2.42. The molecule has 0 aliphatic heterocycles. The van der Waals surface area contributed by atoms with Gasteiger partial charge in [-0.2, -0.15) is 13.2 Å². The summed E-state index contributed by atoms with van der Waals surface area (Å²) in [6.07, 6.45) is -6.33. The molecule has 2 unspecified atom stereocenters. The van der Waals surface area contributed by atoms with Crippen molar-refractivity contribution in [2.75, 3.05) is 20.3 Å². The number of carbonyl (C=O) groups is 1. The molecule has 0 amide bonds. The summed E-state index contributed by atoms with van der Waals surface area (Å²) < 4.78 is 45.5. The zero-order valence-corrected chi connectivity index (χ0v) is 9.43. The molecule has 0 fully saturated rings. The predicted octanol–water partition coefficient (Wildman–Crippen LogP) is 1.10. The van der Waals surface area contributed by atoms with Gasteiger partial charge in [0.1, 0.15) is 6.04 Å². The molecule has 0 aromatic rings. The molecule has 0 saturated carbocycles. The second kappa shape index (κ2) is 6.70. The maximum absolute atomic E-state index is 12.1. The van der Waals surface area contributed by atoms with Crippen molar-refractivity contribution in [3.05, 3.63) is 0 Å². The van der Waals surface area contributed by atoms with E-state index in [1.807, 2.05) is 0 Å². The number of carbonyl (C=O) groups excluding carboxylic acids is 1. The third kappa shape index (κ3) is 5.32. The van der Waals surface area contributed by atoms with E-state index in [0.717, 1.165) is 6.92 Å². The smallest absolute Gasteiger partial charge is 0.414 e. The van der Waals surface area contributed by atoms with Gasteiger partial charge in [-0.05, 0) is 20.9 Å². The van der Waals surface area contributed by atoms with Gasteiger partial charge in [-0.1, -0.05) is 0 Å². The molecule has 0 aliphatic carbocycles. The van der Waals surface area contributed by atoms with E-state index < -0.39 is 24.3 Å². The molecule has 0 rings (SSSR count). The molecule has 0 saturated heterocycles. The molecule has 0 spiro atoms. The second-order valence-electron chi connectivity index (χ2n) is 3.11. The van der Waals surface area contributed by atoms with Gasteiger partial charge >= 0.3 is 12.1 Å². The Hall–Kier alpha value is -0.820. The number of halogens is 3. The fourth-order valence-electron chi connectivity index (χ4n) is 0.847. The van der Waals surface area contributed by atoms with Crippen LogP contribution in [0.4, 0.5) is 13.2 Å². The quantitative estimate of drug-likeness (QED) is 0.710. The van der Waals surface area contributed by atoms with Crippen LogP contribution in [-0.2, 0) is 14.3 Å². The van der Waals surface area contributed by atoms with Crippen LogP contribution in [0, 0.1) is 0 Å². The van der Waals surface area contributed by atoms with E-state index in [4.69, 9.17) is 0 Å². The van der Waals surface area contributed by atoms with E-state index in [1.54, 1.807) is 6.92 Å². The van der Waals surface area contributed by atoms with Crippen LogP contribution in [0.2, 0.25) is 0 Å². The van der Waals surface area contributed by atoms with Crippen LogP contribution in [0.3, 0.4) is 0 Å². The van der Waals surface area contributed by atoms with Crippen molar-refractivity contribution in [2.45, 2.75) is 32.2 Å². The minimum absolute atomic E-state index is 0.172. The average Bonchev–Trinajstić information content (AvgIpc) is 2.17. The molecule has 0 bridgehead atoms. The number of hydrogen-bond acceptors (Lipinski definition) is 4. The Morgan fingerprint density at radius 2 is 2.00 bits per heavy atom. The number of hydrogen-bond donors (Lipinski definition) is 1. The Kier molecular flexibility index (Phi) is 6.35. The number of ether oxygens (including phenoxy) is 2. The van der Waals surface area contributed by atoms with Gasteiger partial charge in [-0.15, -0.1) is 0 Å². The Labute approximate surface area is 92.1 Å². The van der Waals surface area contributed by atoms with E-state index in [-0.39, 0.29) is 13.2 Å². The van der Waals surface area contributed by atoms with Crippen molar-refractivity contribution < 1.29 is 27.4 Å². The van der Waals surface area contributed by atoms with Crippen molar-refractivity contribution in [3.8, 4) is 0 Å². The third-order valence-electron chi connectivity index (χ3n) is 1.89. The summed E-state index contributed by atoms with van der Waals surface area (Å²) in [6.45, 7) is 2.30. The van der Waals surface area contributed by atoms with Crippen LogP contribution in [0.1, 0.15) is 13.8 Å². The monoisotopic (exact) mass is 243 g/mol. The molecule has 0 aromatic heterocycles. The fraction of sp³-hybridized carbons (Fsp3) is 0.889. The standard InChI is InChI=1S/C9H16F3NO3/c1-4-15-8(14)7(13-3)5-16-6(2)9(10,11)12/h6-7,13H,4-5H2,1-3H3. The molecule has 0 radical (unpaired) electrons. The topological polar surface area (TPSA) is 47.6 Å². The van der Waals surface area contributed by atoms with Crippen LogP contribution >= 0.6 is 0 Å². The minimum atomic E-state index is -4.42. The largest absolute Gasteiger partial charge is 0.465 e. The molecule has 2 atom stereocenters. The fourth-order valence-corrected chi connectivity index (χ4v) is 0.847. The lowest BCUT2D eigenvalue weighted by atomic mass is 10.3. The highest BCUT2D eigenvalue weighted by Crippen LogP contribution is 2.22. The van der Waals surface area contributed by atoms with Gasteiger partial charge in [0.25, 0.3) is 0 Å². The van der Waals surface area contributed by atoms with E-state index in [2.05, 4.69) is 14.8 Å². The van der Waals surface area contributed by atoms with Gasteiger partial charge < -0.3 is 14.8 Å². The first-order chi connectivity index (χ1) is 7.32. The first kappa shape index (κ1) is 15.2. The lowest BCUT2D eigenvalue weighted by Gasteiger charge is -2.20. The van der Waals surface area contributed by atoms with Crippen LogP contribution < -0.4 is 5.32 Å². The highest BCUT2D eigenvalue weighted by molar-refractivity contribution is 5.75. The normalized spacial score (nSPS) is 15.6. The lowest BCUT2D eigenvalue weighted by molar-refractivity contribution is -0.216. The molecule has 0 aliphatic rings. The summed E-state index contributed by atoms with van der Waals surface area (Å²) in [5.74, 6) is -0.626. The van der Waals surface area contributed by atoms with Crippen LogP contribution in [0.25, 0.3) is 0 Å². The molecular weight excluding hydrogens is 227 g/mol. The first-order valence-corrected chi connectivity index (χ1v) is 4.85. The third-order valence-corrected chi connectivity index (χ3v) is 1.89. The van der Waals surface area contributed by atoms with Gasteiger partial charge in [0.05, 0.1) is 13.2 Å². The summed E-state index contributed by atoms with van der Waals surface area (Å²) in [6, 6.07) is -0.884. The van der Waals surface area contributed by atoms with Gasteiger partial charge in [0.15, 0.2) is 6.10 Å². The van der Waals surface area contributed by atoms with Crippen molar-refractivity contribution in [1.29, 1.82) is 0 Å². The maximum Gasteiger partial charge on any atom is 0.414 e. The summed E-state index contributed by atoms with van der Waals surface area (Å²) in [4.78, 5) is 11.2. The summed E-state index contributed by atoms with van der Waals surface area (Å²) in [5, 5.41) is 2.53. The second-order valence-corrected chi connectivity index (χ2v) is 3.11. The Balaban J connectivity index is 4.10. The molecular formula is C9H16F3NO3. The SMILES string of the molecule is CCOC(=O)C(COC(C)C(F)(F)F)NC. The van der Waals surface area contributed by atoms with Crippen molar-refractivity contribution >= 4 is 5.97 Å². The summed E-state index contributed by atoms with van der Waals surface area (Å²) in [7, 11) is 1.45. The average molecular weight is 243 g/mol. The van der Waals surface area contributed by atoms with Crippen LogP contribution in [0.15, 0.2) is 0 Å². The molecule has 0 aromatic carbocycles. The zero-order valence-electron chi connectivity index (χ0n) is 9.43. The Bertz CT molecular complexity index is 221. The number of likely N-dealkylation sites (N-methyl/N-ethyl adjacent to an activating group) is 1. The predicted molar refractivity (Wildman–Crippen MR) is 50.9 cm³/mol. The number of rotatable bonds is 6. The van der Waals surface area contributed by atoms with Gasteiger partial charge in [0.2, 0.25) is 0 Å². The molecule has 4 nitrogen and oxygen atoms in total. The van der Waals surface area contributed by atoms with Crippen LogP contribution in [-0.4, -0.2) is 44.6 Å². The maximum atomic E-state index is 12.1. The summed E-state index contributed by atoms with van der Waals surface area (Å²) in [5.41, 5.74) is 0. The van der Waals surface area contributed by atoms with Crippen molar-refractivity contribution in [3.63, 3.8) is 0 Å². The van der Waals surface area contributed by atoms with E-state index in [1.165, 1.54) is 7.05 Å². The van der Waals surface area contributed by atoms with Crippen molar-refractivity contribution in [2.24, 2.45) is 0 Å². The number of alkyl halides is 3. The molecule has 16 heavy (non-hydrogen) atoms. The number of esters is 1. The molecule has 0 heterocycles. The molecule has 96 valence electrons. The highest BCUT2D eigenvalue weighted by Gasteiger charge is 2.37. The minimum Gasteiger partial charge on any atom is -0.465 e. The first-order valence-electron chi connectivity index (χ1n) is 4.85. The zero-order chi connectivity index (χ0) is 12.8. The van der Waals surface area contributed by atoms with Crippen LogP contribution in [0.5, 0.6) is 0 Å². The Morgan fingerprint density at radius 3 is 2.38 bits per heavy atom. The molecule has 1 N–H and O–H groups in total. The number of nitrogens with one attached hydrogen (secondary N) is 1. The molecule has 7 heteroatoms. The van der Waals surface area contributed by atoms with Gasteiger partial charge in [0, 0.05) is 0 Å².